The molecule has 7 heteroatoms. The molecule has 0 spiro atoms. The van der Waals surface area contributed by atoms with Crippen LogP contribution in [0, 0.1) is 17.2 Å². The number of hydrogen-bond acceptors (Lipinski definition) is 3. The molecule has 0 aromatic heterocycles. The molecule has 0 heterocycles. The number of halogens is 3. The van der Waals surface area contributed by atoms with Crippen molar-refractivity contribution >= 4 is 5.91 Å². The Hall–Kier alpha value is -3.01. The van der Waals surface area contributed by atoms with Crippen LogP contribution >= 0.6 is 0 Å². The molecule has 0 fully saturated rings. The number of hydrogen-bond donors (Lipinski definition) is 1. The van der Waals surface area contributed by atoms with Crippen LogP contribution in [0.5, 0.6) is 5.75 Å². The minimum Gasteiger partial charge on any atom is -0.479 e. The summed E-state index contributed by atoms with van der Waals surface area (Å²) < 4.78 is 44.9. The normalized spacial score (nSPS) is 12.3. The lowest BCUT2D eigenvalue weighted by Crippen LogP contribution is -2.42. The molecule has 2 aromatic carbocycles. The van der Waals surface area contributed by atoms with Gasteiger partial charge < -0.3 is 10.1 Å². The van der Waals surface area contributed by atoms with Gasteiger partial charge in [0.2, 0.25) is 0 Å². The third kappa shape index (κ3) is 5.49. The largest absolute Gasteiger partial charge is 0.479 e. The predicted molar refractivity (Wildman–Crippen MR) is 98.6 cm³/mol. The summed E-state index contributed by atoms with van der Waals surface area (Å²) in [5.41, 5.74) is -0.281. The van der Waals surface area contributed by atoms with E-state index in [-0.39, 0.29) is 24.4 Å². The maximum atomic E-state index is 13.0. The van der Waals surface area contributed by atoms with Gasteiger partial charge in [-0.05, 0) is 36.1 Å². The average Bonchev–Trinajstić information content (AvgIpc) is 2.65. The van der Waals surface area contributed by atoms with Crippen molar-refractivity contribution in [3.63, 3.8) is 0 Å². The minimum absolute atomic E-state index is 0.0401. The van der Waals surface area contributed by atoms with Crippen LogP contribution in [-0.2, 0) is 17.4 Å². The van der Waals surface area contributed by atoms with Crippen molar-refractivity contribution < 1.29 is 22.7 Å². The number of nitrogens with one attached hydrogen (secondary N) is 1. The Morgan fingerprint density at radius 3 is 2.43 bits per heavy atom. The number of benzene rings is 2. The van der Waals surface area contributed by atoms with Gasteiger partial charge in [0.05, 0.1) is 11.1 Å². The molecule has 148 valence electrons. The number of carbonyl (C=O) groups excluding carboxylic acids is 1. The molecule has 0 bridgehead atoms. The molecule has 1 N–H and O–H groups in total. The van der Waals surface area contributed by atoms with E-state index >= 15 is 0 Å². The van der Waals surface area contributed by atoms with Crippen LogP contribution < -0.4 is 10.1 Å². The molecule has 2 aromatic rings. The third-order valence-corrected chi connectivity index (χ3v) is 4.14. The second-order valence-corrected chi connectivity index (χ2v) is 6.59. The molecule has 1 amide bonds. The van der Waals surface area contributed by atoms with Gasteiger partial charge in [0.15, 0.2) is 6.10 Å². The highest BCUT2D eigenvalue weighted by molar-refractivity contribution is 5.81. The molecule has 0 aliphatic rings. The summed E-state index contributed by atoms with van der Waals surface area (Å²) in [5, 5.41) is 11.8. The van der Waals surface area contributed by atoms with Crippen LogP contribution in [0.2, 0.25) is 0 Å². The highest BCUT2D eigenvalue weighted by Gasteiger charge is 2.32. The fourth-order valence-electron chi connectivity index (χ4n) is 2.73. The first-order valence-electron chi connectivity index (χ1n) is 8.82. The van der Waals surface area contributed by atoms with Gasteiger partial charge in [0.25, 0.3) is 5.91 Å². The van der Waals surface area contributed by atoms with Crippen molar-refractivity contribution in [1.29, 1.82) is 5.26 Å². The Kier molecular flexibility index (Phi) is 7.05. The lowest BCUT2D eigenvalue weighted by atomic mass is 10.0. The van der Waals surface area contributed by atoms with Crippen LogP contribution in [0.4, 0.5) is 13.2 Å². The first-order chi connectivity index (χ1) is 13.2. The zero-order valence-corrected chi connectivity index (χ0v) is 15.6. The lowest BCUT2D eigenvalue weighted by molar-refractivity contribution is -0.138. The summed E-state index contributed by atoms with van der Waals surface area (Å²) in [4.78, 5) is 12.5. The Labute approximate surface area is 161 Å². The summed E-state index contributed by atoms with van der Waals surface area (Å²) in [6.45, 7) is 3.62. The van der Waals surface area contributed by atoms with E-state index in [2.05, 4.69) is 5.32 Å². The van der Waals surface area contributed by atoms with Crippen molar-refractivity contribution in [2.45, 2.75) is 32.5 Å². The van der Waals surface area contributed by atoms with Crippen LogP contribution in [-0.4, -0.2) is 18.6 Å². The van der Waals surface area contributed by atoms with Crippen molar-refractivity contribution in [2.24, 2.45) is 5.92 Å². The molecule has 0 aliphatic carbocycles. The fourth-order valence-corrected chi connectivity index (χ4v) is 2.73. The van der Waals surface area contributed by atoms with Crippen molar-refractivity contribution in [3.05, 3.63) is 65.2 Å². The minimum atomic E-state index is -4.44. The quantitative estimate of drug-likeness (QED) is 0.765. The van der Waals surface area contributed by atoms with E-state index in [4.69, 9.17) is 10.00 Å². The molecule has 4 nitrogen and oxygen atoms in total. The summed E-state index contributed by atoms with van der Waals surface area (Å²) in [5.74, 6) is -0.345. The highest BCUT2D eigenvalue weighted by atomic mass is 19.4. The van der Waals surface area contributed by atoms with E-state index in [1.165, 1.54) is 18.2 Å². The third-order valence-electron chi connectivity index (χ3n) is 4.14. The topological polar surface area (TPSA) is 62.1 Å². The highest BCUT2D eigenvalue weighted by Crippen LogP contribution is 2.31. The monoisotopic (exact) mass is 390 g/mol. The molecule has 2 rings (SSSR count). The van der Waals surface area contributed by atoms with Gasteiger partial charge in [-0.2, -0.15) is 18.4 Å². The maximum absolute atomic E-state index is 13.0. The first-order valence-corrected chi connectivity index (χ1v) is 8.82. The molecule has 1 atom stereocenters. The van der Waals surface area contributed by atoms with E-state index in [0.717, 1.165) is 6.07 Å². The van der Waals surface area contributed by atoms with Gasteiger partial charge in [-0.1, -0.05) is 44.2 Å². The Balaban J connectivity index is 2.04. The summed E-state index contributed by atoms with van der Waals surface area (Å²) in [6.07, 6.45) is -5.26. The second-order valence-electron chi connectivity index (χ2n) is 6.59. The van der Waals surface area contributed by atoms with E-state index in [0.29, 0.717) is 11.3 Å². The molecular formula is C21H21F3N2O2. The number of alkyl halides is 3. The molecule has 1 unspecified atom stereocenters. The van der Waals surface area contributed by atoms with Crippen LogP contribution in [0.15, 0.2) is 48.5 Å². The number of nitriles is 1. The van der Waals surface area contributed by atoms with Gasteiger partial charge >= 0.3 is 6.18 Å². The van der Waals surface area contributed by atoms with E-state index in [9.17, 15) is 18.0 Å². The van der Waals surface area contributed by atoms with E-state index < -0.39 is 23.8 Å². The van der Waals surface area contributed by atoms with Gasteiger partial charge in [0.1, 0.15) is 11.8 Å². The van der Waals surface area contributed by atoms with Gasteiger partial charge in [0, 0.05) is 6.54 Å². The number of nitrogens with zero attached hydrogens (tertiary/aromatic N) is 1. The summed E-state index contributed by atoms with van der Waals surface area (Å²) in [6, 6.07) is 13.9. The molecule has 0 saturated heterocycles. The van der Waals surface area contributed by atoms with Crippen molar-refractivity contribution in [1.82, 2.24) is 5.32 Å². The van der Waals surface area contributed by atoms with Crippen molar-refractivity contribution in [3.8, 4) is 11.8 Å². The van der Waals surface area contributed by atoms with Crippen LogP contribution in [0.3, 0.4) is 0 Å². The fraction of sp³-hybridized carbons (Fsp3) is 0.333. The zero-order chi connectivity index (χ0) is 20.7. The Morgan fingerprint density at radius 1 is 1.14 bits per heavy atom. The van der Waals surface area contributed by atoms with Crippen LogP contribution in [0.1, 0.15) is 30.5 Å². The van der Waals surface area contributed by atoms with Gasteiger partial charge in [-0.25, -0.2) is 0 Å². The summed E-state index contributed by atoms with van der Waals surface area (Å²) >= 11 is 0. The summed E-state index contributed by atoms with van der Waals surface area (Å²) in [7, 11) is 0. The lowest BCUT2D eigenvalue weighted by Gasteiger charge is -2.22. The SMILES string of the molecule is CC(C)C(Oc1ccccc1C#N)C(=O)NCCc1ccccc1C(F)(F)F. The second kappa shape index (κ2) is 9.27. The molecular weight excluding hydrogens is 369 g/mol. The number of carbonyl (C=O) groups is 1. The number of ether oxygens (including phenoxy) is 1. The first kappa shape index (κ1) is 21.3. The molecule has 0 saturated carbocycles. The smallest absolute Gasteiger partial charge is 0.416 e. The van der Waals surface area contributed by atoms with Crippen LogP contribution in [0.25, 0.3) is 0 Å². The Bertz CT molecular complexity index is 857. The number of amides is 1. The molecule has 0 aliphatic heterocycles. The molecule has 28 heavy (non-hydrogen) atoms. The Morgan fingerprint density at radius 2 is 1.79 bits per heavy atom. The number of para-hydroxylation sites is 1. The molecule has 0 radical (unpaired) electrons. The standard InChI is InChI=1S/C21H21F3N2O2/c1-14(2)19(28-18-10-6-4-8-16(18)13-25)20(27)26-12-11-15-7-3-5-9-17(15)21(22,23)24/h3-10,14,19H,11-12H2,1-2H3,(H,26,27). The predicted octanol–water partition coefficient (Wildman–Crippen LogP) is 4.34. The maximum Gasteiger partial charge on any atom is 0.416 e. The number of rotatable bonds is 7. The van der Waals surface area contributed by atoms with Gasteiger partial charge in [-0.15, -0.1) is 0 Å². The van der Waals surface area contributed by atoms with E-state index in [1.54, 1.807) is 38.1 Å². The van der Waals surface area contributed by atoms with E-state index in [1.807, 2.05) is 6.07 Å². The average molecular weight is 390 g/mol. The van der Waals surface area contributed by atoms with Crippen molar-refractivity contribution in [2.75, 3.05) is 6.54 Å². The zero-order valence-electron chi connectivity index (χ0n) is 15.6. The van der Waals surface area contributed by atoms with Gasteiger partial charge in [-0.3, -0.25) is 4.79 Å².